The van der Waals surface area contributed by atoms with Crippen molar-refractivity contribution >= 4 is 11.8 Å². The van der Waals surface area contributed by atoms with E-state index in [1.54, 1.807) is 18.9 Å². The molecule has 96 valence electrons. The van der Waals surface area contributed by atoms with Crippen molar-refractivity contribution < 1.29 is 4.74 Å². The first-order valence-corrected chi connectivity index (χ1v) is 6.97. The van der Waals surface area contributed by atoms with Crippen LogP contribution in [0.1, 0.15) is 12.8 Å². The van der Waals surface area contributed by atoms with E-state index in [1.165, 1.54) is 12.8 Å². The number of nitrogens with zero attached hydrogens (tertiary/aromatic N) is 4. The summed E-state index contributed by atoms with van der Waals surface area (Å²) in [4.78, 5) is 0. The highest BCUT2D eigenvalue weighted by atomic mass is 32.2. The minimum Gasteiger partial charge on any atom is -0.383 e. The molecule has 0 radical (unpaired) electrons. The second-order valence-corrected chi connectivity index (χ2v) is 5.17. The Labute approximate surface area is 105 Å². The molecule has 0 unspecified atom stereocenters. The van der Waals surface area contributed by atoms with E-state index in [2.05, 4.69) is 20.8 Å². The maximum atomic E-state index is 4.96. The van der Waals surface area contributed by atoms with E-state index in [1.807, 2.05) is 4.68 Å². The Morgan fingerprint density at radius 1 is 1.47 bits per heavy atom. The molecule has 1 fully saturated rings. The van der Waals surface area contributed by atoms with Gasteiger partial charge in [-0.2, -0.15) is 0 Å². The summed E-state index contributed by atoms with van der Waals surface area (Å²) in [5, 5.41) is 16.0. The fraction of sp³-hybridized carbons (Fsp3) is 0.900. The molecular weight excluding hydrogens is 238 g/mol. The Bertz CT molecular complexity index is 328. The molecule has 1 heterocycles. The number of aromatic nitrogens is 4. The van der Waals surface area contributed by atoms with Gasteiger partial charge in [-0.15, -0.1) is 5.10 Å². The average molecular weight is 257 g/mol. The smallest absolute Gasteiger partial charge is 0.209 e. The van der Waals surface area contributed by atoms with Crippen LogP contribution in [0.3, 0.4) is 0 Å². The second-order valence-electron chi connectivity index (χ2n) is 4.18. The summed E-state index contributed by atoms with van der Waals surface area (Å²) in [5.74, 6) is 2.04. The summed E-state index contributed by atoms with van der Waals surface area (Å²) in [6, 6.07) is 0. The summed E-state index contributed by atoms with van der Waals surface area (Å²) in [7, 11) is 1.70. The number of ether oxygens (including phenoxy) is 1. The van der Waals surface area contributed by atoms with Gasteiger partial charge in [-0.1, -0.05) is 11.8 Å². The topological polar surface area (TPSA) is 64.9 Å². The van der Waals surface area contributed by atoms with Crippen molar-refractivity contribution in [1.82, 2.24) is 25.5 Å². The number of hydrogen-bond acceptors (Lipinski definition) is 6. The van der Waals surface area contributed by atoms with E-state index < -0.39 is 0 Å². The molecule has 0 bridgehead atoms. The van der Waals surface area contributed by atoms with Crippen LogP contribution in [0.15, 0.2) is 5.16 Å². The van der Waals surface area contributed by atoms with Crippen molar-refractivity contribution in [2.45, 2.75) is 24.5 Å². The molecule has 1 N–H and O–H groups in total. The first-order valence-electron chi connectivity index (χ1n) is 5.99. The van der Waals surface area contributed by atoms with Gasteiger partial charge in [0.1, 0.15) is 0 Å². The van der Waals surface area contributed by atoms with E-state index in [-0.39, 0.29) is 0 Å². The summed E-state index contributed by atoms with van der Waals surface area (Å²) >= 11 is 1.77. The van der Waals surface area contributed by atoms with Gasteiger partial charge in [0.25, 0.3) is 0 Å². The lowest BCUT2D eigenvalue weighted by atomic mass is 10.5. The number of tetrazole rings is 1. The third-order valence-electron chi connectivity index (χ3n) is 2.63. The van der Waals surface area contributed by atoms with Gasteiger partial charge >= 0.3 is 0 Å². The number of methoxy groups -OCH3 is 1. The molecule has 0 aromatic carbocycles. The Hall–Kier alpha value is -0.660. The quantitative estimate of drug-likeness (QED) is 0.511. The zero-order valence-electron chi connectivity index (χ0n) is 10.1. The molecule has 1 aliphatic rings. The van der Waals surface area contributed by atoms with Gasteiger partial charge < -0.3 is 10.1 Å². The van der Waals surface area contributed by atoms with Gasteiger partial charge in [0.05, 0.1) is 13.2 Å². The highest BCUT2D eigenvalue weighted by Crippen LogP contribution is 2.34. The summed E-state index contributed by atoms with van der Waals surface area (Å²) in [6.07, 6.45) is 2.74. The predicted octanol–water partition coefficient (Wildman–Crippen LogP) is 0.411. The van der Waals surface area contributed by atoms with Crippen molar-refractivity contribution in [2.75, 3.05) is 32.6 Å². The number of thioether (sulfide) groups is 1. The van der Waals surface area contributed by atoms with Gasteiger partial charge in [0.2, 0.25) is 5.16 Å². The van der Waals surface area contributed by atoms with Gasteiger partial charge in [-0.3, -0.25) is 0 Å². The minimum absolute atomic E-state index is 0.735. The fourth-order valence-electron chi connectivity index (χ4n) is 1.40. The number of hydrogen-bond donors (Lipinski definition) is 1. The maximum absolute atomic E-state index is 4.96. The molecule has 1 saturated carbocycles. The summed E-state index contributed by atoms with van der Waals surface area (Å²) < 4.78 is 6.83. The number of nitrogens with one attached hydrogen (secondary N) is 1. The van der Waals surface area contributed by atoms with Crippen LogP contribution in [0.5, 0.6) is 0 Å². The average Bonchev–Trinajstić information content (AvgIpc) is 3.06. The molecule has 7 heteroatoms. The molecule has 0 spiro atoms. The minimum atomic E-state index is 0.735. The Kier molecular flexibility index (Phi) is 5.21. The van der Waals surface area contributed by atoms with Crippen LogP contribution >= 0.6 is 11.8 Å². The third kappa shape index (κ3) is 4.61. The van der Waals surface area contributed by atoms with E-state index in [0.717, 1.165) is 43.1 Å². The second kappa shape index (κ2) is 6.93. The number of rotatable bonds is 9. The largest absolute Gasteiger partial charge is 0.383 e. The molecule has 1 aromatic heterocycles. The van der Waals surface area contributed by atoms with Crippen LogP contribution in [0.4, 0.5) is 0 Å². The zero-order chi connectivity index (χ0) is 11.9. The van der Waals surface area contributed by atoms with E-state index in [9.17, 15) is 0 Å². The molecular formula is C10H19N5OS. The lowest BCUT2D eigenvalue weighted by Crippen LogP contribution is -2.24. The van der Waals surface area contributed by atoms with Crippen LogP contribution in [0, 0.1) is 5.92 Å². The van der Waals surface area contributed by atoms with Gasteiger partial charge in [0, 0.05) is 26.0 Å². The fourth-order valence-corrected chi connectivity index (χ4v) is 2.49. The van der Waals surface area contributed by atoms with Crippen molar-refractivity contribution in [3.63, 3.8) is 0 Å². The highest BCUT2D eigenvalue weighted by molar-refractivity contribution is 7.99. The lowest BCUT2D eigenvalue weighted by molar-refractivity contribution is 0.199. The molecule has 0 amide bonds. The monoisotopic (exact) mass is 257 g/mol. The van der Waals surface area contributed by atoms with Crippen LogP contribution in [0.2, 0.25) is 0 Å². The molecule has 0 saturated heterocycles. The van der Waals surface area contributed by atoms with E-state index in [4.69, 9.17) is 4.74 Å². The molecule has 6 nitrogen and oxygen atoms in total. The van der Waals surface area contributed by atoms with Crippen LogP contribution in [-0.2, 0) is 11.3 Å². The molecule has 2 rings (SSSR count). The van der Waals surface area contributed by atoms with Crippen LogP contribution < -0.4 is 5.32 Å². The van der Waals surface area contributed by atoms with Gasteiger partial charge in [-0.05, 0) is 29.2 Å². The molecule has 0 atom stereocenters. The molecule has 0 aliphatic heterocycles. The normalized spacial score (nSPS) is 15.4. The Morgan fingerprint density at radius 2 is 2.35 bits per heavy atom. The molecule has 1 aliphatic carbocycles. The Balaban J connectivity index is 1.66. The maximum Gasteiger partial charge on any atom is 0.209 e. The summed E-state index contributed by atoms with van der Waals surface area (Å²) in [5.41, 5.74) is 0. The third-order valence-corrected chi connectivity index (χ3v) is 3.82. The van der Waals surface area contributed by atoms with Crippen molar-refractivity contribution in [3.8, 4) is 0 Å². The standard InChI is InChI=1S/C10H19N5OS/c1-16-7-5-11-4-6-15-10(12-13-14-15)17-8-9-2-3-9/h9,11H,2-8H2,1H3. The lowest BCUT2D eigenvalue weighted by Gasteiger charge is -2.05. The first-order chi connectivity index (χ1) is 8.40. The van der Waals surface area contributed by atoms with Gasteiger partial charge in [0.15, 0.2) is 0 Å². The van der Waals surface area contributed by atoms with Crippen LogP contribution in [-0.4, -0.2) is 52.8 Å². The zero-order valence-corrected chi connectivity index (χ0v) is 10.9. The van der Waals surface area contributed by atoms with E-state index >= 15 is 0 Å². The van der Waals surface area contributed by atoms with Crippen molar-refractivity contribution in [2.24, 2.45) is 5.92 Å². The van der Waals surface area contributed by atoms with Crippen molar-refractivity contribution in [3.05, 3.63) is 0 Å². The molecule has 17 heavy (non-hydrogen) atoms. The van der Waals surface area contributed by atoms with Crippen LogP contribution in [0.25, 0.3) is 0 Å². The molecule has 1 aromatic rings. The highest BCUT2D eigenvalue weighted by Gasteiger charge is 2.22. The predicted molar refractivity (Wildman–Crippen MR) is 66.0 cm³/mol. The van der Waals surface area contributed by atoms with Crippen molar-refractivity contribution in [1.29, 1.82) is 0 Å². The first kappa shape index (κ1) is 12.8. The van der Waals surface area contributed by atoms with E-state index in [0.29, 0.717) is 0 Å². The summed E-state index contributed by atoms with van der Waals surface area (Å²) in [6.45, 7) is 3.27. The Morgan fingerprint density at radius 3 is 3.12 bits per heavy atom. The SMILES string of the molecule is COCCNCCn1nnnc1SCC1CC1. The van der Waals surface area contributed by atoms with Gasteiger partial charge in [-0.25, -0.2) is 4.68 Å².